The van der Waals surface area contributed by atoms with Gasteiger partial charge in [0.15, 0.2) is 37.7 Å². The van der Waals surface area contributed by atoms with Crippen LogP contribution in [0.4, 0.5) is 0 Å². The molecule has 30 atom stereocenters. The predicted molar refractivity (Wildman–Crippen MR) is 199 cm³/mol. The van der Waals surface area contributed by atoms with Crippen LogP contribution in [0, 0.1) is 0 Å². The summed E-state index contributed by atoms with van der Waals surface area (Å²) in [6.07, 6.45) is -56.2. The monoisotopic (exact) mass is 990 g/mol. The SMILES string of the molecule is OC[C@H]1O[C@@H](OC[C@H]2O[C@H](O[C@H]3[C@H](O)[C@@H](O)[C@@H](O[C@H]4[C@H](O)[C@@H](O)[C@@H](O[C@H]5[C@H](O)[C@@H](O)[C@@H](O[C@H]6[C@H](O)[C@@H](O)[C@@H](O)O[C@@H]6CO)O[C@@H]5CO)O[C@@H]4CO)O[C@@H]3CO)[C@H](O)[C@@H](O)[C@@H]2O)[C@H](O)[C@@H](O)[C@H]1O. The lowest BCUT2D eigenvalue weighted by atomic mass is 9.95. The summed E-state index contributed by atoms with van der Waals surface area (Å²) in [5.74, 6) is 0. The van der Waals surface area contributed by atoms with Crippen LogP contribution in [0.5, 0.6) is 0 Å². The van der Waals surface area contributed by atoms with Gasteiger partial charge in [0.05, 0.1) is 39.6 Å². The molecule has 392 valence electrons. The van der Waals surface area contributed by atoms with Crippen molar-refractivity contribution in [1.29, 1.82) is 0 Å². The van der Waals surface area contributed by atoms with Gasteiger partial charge in [0.1, 0.15) is 146 Å². The van der Waals surface area contributed by atoms with Gasteiger partial charge in [-0.2, -0.15) is 0 Å². The molecule has 67 heavy (non-hydrogen) atoms. The zero-order valence-electron chi connectivity index (χ0n) is 35.0. The van der Waals surface area contributed by atoms with E-state index in [1.807, 2.05) is 0 Å². The summed E-state index contributed by atoms with van der Waals surface area (Å²) < 4.78 is 60.3. The Bertz CT molecular complexity index is 1500. The molecule has 0 aromatic carbocycles. The lowest BCUT2D eigenvalue weighted by Crippen LogP contribution is -2.68. The van der Waals surface area contributed by atoms with E-state index < -0.39 is 224 Å². The average molecular weight is 991 g/mol. The van der Waals surface area contributed by atoms with Crippen LogP contribution in [0.15, 0.2) is 0 Å². The van der Waals surface area contributed by atoms with Crippen molar-refractivity contribution in [3.63, 3.8) is 0 Å². The molecule has 0 bridgehead atoms. The van der Waals surface area contributed by atoms with Crippen molar-refractivity contribution in [2.45, 2.75) is 184 Å². The summed E-state index contributed by atoms with van der Waals surface area (Å²) in [6.45, 7) is -5.42. The summed E-state index contributed by atoms with van der Waals surface area (Å²) in [4.78, 5) is 0. The van der Waals surface area contributed by atoms with E-state index in [1.165, 1.54) is 0 Å². The second-order valence-electron chi connectivity index (χ2n) is 16.8. The molecule has 0 radical (unpaired) electrons. The first-order valence-corrected chi connectivity index (χ1v) is 21.1. The van der Waals surface area contributed by atoms with E-state index in [4.69, 9.17) is 52.1 Å². The summed E-state index contributed by atoms with van der Waals surface area (Å²) in [5.41, 5.74) is 0. The lowest BCUT2D eigenvalue weighted by Gasteiger charge is -2.49. The highest BCUT2D eigenvalue weighted by molar-refractivity contribution is 4.99. The summed E-state index contributed by atoms with van der Waals surface area (Å²) in [5, 5.41) is 209. The number of rotatable bonds is 16. The molecule has 0 aliphatic carbocycles. The fraction of sp³-hybridized carbons (Fsp3) is 1.00. The van der Waals surface area contributed by atoms with E-state index >= 15 is 0 Å². The molecule has 6 aliphatic heterocycles. The van der Waals surface area contributed by atoms with Gasteiger partial charge in [0, 0.05) is 0 Å². The van der Waals surface area contributed by atoms with E-state index in [1.54, 1.807) is 0 Å². The molecule has 6 aliphatic rings. The van der Waals surface area contributed by atoms with Crippen molar-refractivity contribution in [3.05, 3.63) is 0 Å². The maximum absolute atomic E-state index is 11.2. The Morgan fingerprint density at radius 2 is 0.522 bits per heavy atom. The number of aliphatic hydroxyl groups is 20. The van der Waals surface area contributed by atoms with Gasteiger partial charge in [0.25, 0.3) is 0 Å². The highest BCUT2D eigenvalue weighted by Crippen LogP contribution is 2.36. The van der Waals surface area contributed by atoms with E-state index in [0.29, 0.717) is 0 Å². The Labute approximate surface area is 378 Å². The molecule has 20 N–H and O–H groups in total. The number of ether oxygens (including phenoxy) is 11. The Morgan fingerprint density at radius 3 is 0.881 bits per heavy atom. The van der Waals surface area contributed by atoms with Crippen LogP contribution in [-0.4, -0.2) is 326 Å². The van der Waals surface area contributed by atoms with Gasteiger partial charge in [-0.05, 0) is 0 Å². The van der Waals surface area contributed by atoms with Crippen LogP contribution in [0.2, 0.25) is 0 Å². The summed E-state index contributed by atoms with van der Waals surface area (Å²) in [6, 6.07) is 0. The number of aliphatic hydroxyl groups excluding tert-OH is 20. The molecule has 0 aromatic rings. The standard InChI is InChI=1S/C36H62O31/c37-1-7-13(42)15(44)22(51)32(59-7)57-6-12-14(43)16(45)23(52)33(63-12)65-28-9(3-39)61-35(25(54)18(28)47)67-30-11(5-41)62-36(26(55)20(30)49)66-29-10(4-40)60-34(24(53)19(29)48)64-27-8(2-38)58-31(56)21(50)17(27)46/h7-56H,1-6H2/t7-,8-,9-,10-,11-,12-,13+,14-,15+,16+,17-,18-,19-,20-,21-,22-,23-,24-,25-,26-,27-,28-,29-,30-,31+,32-,33-,34-,35-,36-/m1/s1. The normalized spacial score (nSPS) is 53.4. The quantitative estimate of drug-likeness (QED) is 0.0683. The summed E-state index contributed by atoms with van der Waals surface area (Å²) >= 11 is 0. The van der Waals surface area contributed by atoms with Crippen molar-refractivity contribution in [1.82, 2.24) is 0 Å². The van der Waals surface area contributed by atoms with Crippen molar-refractivity contribution in [2.24, 2.45) is 0 Å². The minimum absolute atomic E-state index is 0.753. The van der Waals surface area contributed by atoms with Crippen LogP contribution < -0.4 is 0 Å². The van der Waals surface area contributed by atoms with Crippen molar-refractivity contribution < 1.29 is 154 Å². The molecule has 0 spiro atoms. The minimum Gasteiger partial charge on any atom is -0.394 e. The second kappa shape index (κ2) is 23.5. The Kier molecular flexibility index (Phi) is 19.4. The molecular formula is C36H62O31. The van der Waals surface area contributed by atoms with E-state index in [-0.39, 0.29) is 0 Å². The number of hydrogen-bond donors (Lipinski definition) is 20. The molecule has 31 nitrogen and oxygen atoms in total. The van der Waals surface area contributed by atoms with Gasteiger partial charge in [-0.1, -0.05) is 0 Å². The van der Waals surface area contributed by atoms with Crippen molar-refractivity contribution in [3.8, 4) is 0 Å². The fourth-order valence-corrected chi connectivity index (χ4v) is 8.42. The molecule has 0 unspecified atom stereocenters. The maximum atomic E-state index is 11.2. The van der Waals surface area contributed by atoms with Gasteiger partial charge in [0.2, 0.25) is 0 Å². The zero-order valence-corrected chi connectivity index (χ0v) is 35.0. The molecule has 6 saturated heterocycles. The second-order valence-corrected chi connectivity index (χ2v) is 16.8. The first-order chi connectivity index (χ1) is 31.7. The summed E-state index contributed by atoms with van der Waals surface area (Å²) in [7, 11) is 0. The van der Waals surface area contributed by atoms with Crippen LogP contribution >= 0.6 is 0 Å². The third-order valence-electron chi connectivity index (χ3n) is 12.4. The average Bonchev–Trinajstić information content (AvgIpc) is 3.32. The van der Waals surface area contributed by atoms with Crippen LogP contribution in [-0.2, 0) is 52.1 Å². The molecule has 0 saturated carbocycles. The molecular weight excluding hydrogens is 928 g/mol. The van der Waals surface area contributed by atoms with Gasteiger partial charge < -0.3 is 154 Å². The molecule has 31 heteroatoms. The Balaban J connectivity index is 1.06. The highest BCUT2D eigenvalue weighted by Gasteiger charge is 2.57. The lowest BCUT2D eigenvalue weighted by molar-refractivity contribution is -0.393. The van der Waals surface area contributed by atoms with Gasteiger partial charge in [-0.25, -0.2) is 0 Å². The first kappa shape index (κ1) is 55.1. The van der Waals surface area contributed by atoms with Crippen LogP contribution in [0.1, 0.15) is 0 Å². The largest absolute Gasteiger partial charge is 0.394 e. The fourth-order valence-electron chi connectivity index (χ4n) is 8.42. The Morgan fingerprint density at radius 1 is 0.254 bits per heavy atom. The smallest absolute Gasteiger partial charge is 0.187 e. The van der Waals surface area contributed by atoms with Gasteiger partial charge in [-0.3, -0.25) is 0 Å². The van der Waals surface area contributed by atoms with Crippen LogP contribution in [0.25, 0.3) is 0 Å². The van der Waals surface area contributed by atoms with Crippen molar-refractivity contribution in [2.75, 3.05) is 39.6 Å². The maximum Gasteiger partial charge on any atom is 0.187 e. The molecule has 0 aromatic heterocycles. The Hall–Kier alpha value is -1.24. The van der Waals surface area contributed by atoms with Gasteiger partial charge in [-0.15, -0.1) is 0 Å². The van der Waals surface area contributed by atoms with Crippen molar-refractivity contribution >= 4 is 0 Å². The van der Waals surface area contributed by atoms with E-state index in [0.717, 1.165) is 0 Å². The molecule has 0 amide bonds. The van der Waals surface area contributed by atoms with Gasteiger partial charge >= 0.3 is 0 Å². The third-order valence-corrected chi connectivity index (χ3v) is 12.4. The number of hydrogen-bond acceptors (Lipinski definition) is 31. The topological polar surface area (TPSA) is 506 Å². The highest BCUT2D eigenvalue weighted by atomic mass is 16.8. The minimum atomic E-state index is -2.18. The molecule has 6 fully saturated rings. The third kappa shape index (κ3) is 11.4. The molecule has 6 heterocycles. The zero-order chi connectivity index (χ0) is 49.3. The molecule has 6 rings (SSSR count). The first-order valence-electron chi connectivity index (χ1n) is 21.1. The predicted octanol–water partition coefficient (Wildman–Crippen LogP) is -14.1. The van der Waals surface area contributed by atoms with E-state index in [2.05, 4.69) is 0 Å². The van der Waals surface area contributed by atoms with E-state index in [9.17, 15) is 102 Å². The van der Waals surface area contributed by atoms with Crippen LogP contribution in [0.3, 0.4) is 0 Å².